The summed E-state index contributed by atoms with van der Waals surface area (Å²) >= 11 is 11.5. The highest BCUT2D eigenvalue weighted by atomic mass is 35.5. The van der Waals surface area contributed by atoms with E-state index in [9.17, 15) is 4.79 Å². The molecule has 0 bridgehead atoms. The molecule has 0 unspecified atom stereocenters. The van der Waals surface area contributed by atoms with Crippen molar-refractivity contribution in [3.63, 3.8) is 0 Å². The van der Waals surface area contributed by atoms with Crippen LogP contribution in [0.2, 0.25) is 5.15 Å². The van der Waals surface area contributed by atoms with Crippen LogP contribution in [0.4, 0.5) is 0 Å². The van der Waals surface area contributed by atoms with Crippen molar-refractivity contribution in [1.82, 2.24) is 14.6 Å². The Labute approximate surface area is 94.2 Å². The summed E-state index contributed by atoms with van der Waals surface area (Å²) in [6, 6.07) is 2.72. The van der Waals surface area contributed by atoms with Gasteiger partial charge < -0.3 is 5.11 Å². The lowest BCUT2D eigenvalue weighted by Crippen LogP contribution is -2.00. The van der Waals surface area contributed by atoms with Crippen molar-refractivity contribution in [2.75, 3.05) is 0 Å². The lowest BCUT2D eigenvalue weighted by Gasteiger charge is -2.01. The summed E-state index contributed by atoms with van der Waals surface area (Å²) in [6.07, 6.45) is 0. The molecule has 78 valence electrons. The van der Waals surface area contributed by atoms with Gasteiger partial charge in [0.25, 0.3) is 0 Å². The molecule has 0 atom stereocenters. The van der Waals surface area contributed by atoms with Crippen molar-refractivity contribution in [3.8, 4) is 0 Å². The zero-order chi connectivity index (χ0) is 11.0. The maximum absolute atomic E-state index is 10.7. The zero-order valence-corrected chi connectivity index (χ0v) is 8.83. The Hall–Kier alpha value is -1.33. The molecule has 0 spiro atoms. The predicted molar refractivity (Wildman–Crippen MR) is 54.5 cm³/mol. The molecule has 0 aliphatic heterocycles. The largest absolute Gasteiger partial charge is 0.478 e. The number of alkyl halides is 1. The van der Waals surface area contributed by atoms with Gasteiger partial charge in [0.15, 0.2) is 11.5 Å². The SMILES string of the molecule is O=C(O)c1cc(Cl)n2c(CCl)nnc2c1. The molecule has 0 fully saturated rings. The summed E-state index contributed by atoms with van der Waals surface area (Å²) < 4.78 is 1.50. The molecule has 0 saturated carbocycles. The fourth-order valence-electron chi connectivity index (χ4n) is 1.24. The Kier molecular flexibility index (Phi) is 2.50. The van der Waals surface area contributed by atoms with E-state index in [4.69, 9.17) is 28.3 Å². The second-order valence-corrected chi connectivity index (χ2v) is 3.47. The Morgan fingerprint density at radius 3 is 2.80 bits per heavy atom. The number of aromatic nitrogens is 3. The summed E-state index contributed by atoms with van der Waals surface area (Å²) in [7, 11) is 0. The zero-order valence-electron chi connectivity index (χ0n) is 7.31. The maximum Gasteiger partial charge on any atom is 0.335 e. The lowest BCUT2D eigenvalue weighted by molar-refractivity contribution is 0.0697. The number of hydrogen-bond acceptors (Lipinski definition) is 3. The van der Waals surface area contributed by atoms with Gasteiger partial charge in [0.05, 0.1) is 11.4 Å². The van der Waals surface area contributed by atoms with Gasteiger partial charge in [0.2, 0.25) is 0 Å². The first kappa shape index (κ1) is 10.2. The van der Waals surface area contributed by atoms with Crippen LogP contribution in [-0.2, 0) is 5.88 Å². The summed E-state index contributed by atoms with van der Waals surface area (Å²) in [5.41, 5.74) is 0.441. The van der Waals surface area contributed by atoms with Gasteiger partial charge in [-0.1, -0.05) is 11.6 Å². The molecule has 1 N–H and O–H groups in total. The molecule has 0 aliphatic carbocycles. The van der Waals surface area contributed by atoms with Gasteiger partial charge in [-0.2, -0.15) is 0 Å². The number of rotatable bonds is 2. The molecule has 0 radical (unpaired) electrons. The molecule has 15 heavy (non-hydrogen) atoms. The van der Waals surface area contributed by atoms with Crippen molar-refractivity contribution < 1.29 is 9.90 Å². The second-order valence-electron chi connectivity index (χ2n) is 2.82. The van der Waals surface area contributed by atoms with Gasteiger partial charge >= 0.3 is 5.97 Å². The smallest absolute Gasteiger partial charge is 0.335 e. The highest BCUT2D eigenvalue weighted by molar-refractivity contribution is 6.30. The molecule has 5 nitrogen and oxygen atoms in total. The molecule has 0 amide bonds. The van der Waals surface area contributed by atoms with Crippen LogP contribution >= 0.6 is 23.2 Å². The maximum atomic E-state index is 10.7. The number of carboxylic acid groups (broad SMARTS) is 1. The van der Waals surface area contributed by atoms with Crippen LogP contribution < -0.4 is 0 Å². The fourth-order valence-corrected chi connectivity index (χ4v) is 1.72. The number of nitrogens with zero attached hydrogens (tertiary/aromatic N) is 3. The molecule has 0 saturated heterocycles. The van der Waals surface area contributed by atoms with E-state index < -0.39 is 5.97 Å². The molecule has 0 aromatic carbocycles. The van der Waals surface area contributed by atoms with Crippen molar-refractivity contribution in [1.29, 1.82) is 0 Å². The van der Waals surface area contributed by atoms with E-state index in [-0.39, 0.29) is 16.6 Å². The molecule has 2 aromatic rings. The van der Waals surface area contributed by atoms with Crippen molar-refractivity contribution in [2.24, 2.45) is 0 Å². The molecular weight excluding hydrogens is 241 g/mol. The van der Waals surface area contributed by atoms with E-state index >= 15 is 0 Å². The molecular formula is C8H5Cl2N3O2. The van der Waals surface area contributed by atoms with E-state index in [0.717, 1.165) is 0 Å². The fraction of sp³-hybridized carbons (Fsp3) is 0.125. The summed E-state index contributed by atoms with van der Waals surface area (Å²) in [5.74, 6) is -0.420. The first-order valence-corrected chi connectivity index (χ1v) is 4.87. The highest BCUT2D eigenvalue weighted by Crippen LogP contribution is 2.17. The van der Waals surface area contributed by atoms with Crippen molar-refractivity contribution in [3.05, 3.63) is 28.7 Å². The Morgan fingerprint density at radius 2 is 2.20 bits per heavy atom. The molecule has 2 heterocycles. The molecule has 0 aliphatic rings. The topological polar surface area (TPSA) is 67.5 Å². The minimum atomic E-state index is -1.06. The van der Waals surface area contributed by atoms with Crippen LogP contribution in [0.3, 0.4) is 0 Å². The van der Waals surface area contributed by atoms with Gasteiger partial charge in [-0.25, -0.2) is 4.79 Å². The Bertz CT molecular complexity index is 538. The first-order valence-electron chi connectivity index (χ1n) is 3.96. The van der Waals surface area contributed by atoms with Gasteiger partial charge in [0, 0.05) is 0 Å². The Morgan fingerprint density at radius 1 is 1.47 bits per heavy atom. The van der Waals surface area contributed by atoms with E-state index in [1.165, 1.54) is 16.5 Å². The van der Waals surface area contributed by atoms with Crippen LogP contribution in [0, 0.1) is 0 Å². The van der Waals surface area contributed by atoms with E-state index in [0.29, 0.717) is 11.5 Å². The van der Waals surface area contributed by atoms with Crippen LogP contribution in [0.1, 0.15) is 16.2 Å². The van der Waals surface area contributed by atoms with Crippen LogP contribution in [0.15, 0.2) is 12.1 Å². The molecule has 2 rings (SSSR count). The number of carbonyl (C=O) groups is 1. The number of halogens is 2. The highest BCUT2D eigenvalue weighted by Gasteiger charge is 2.12. The van der Waals surface area contributed by atoms with E-state index in [1.807, 2.05) is 0 Å². The third kappa shape index (κ3) is 1.64. The number of carboxylic acids is 1. The number of pyridine rings is 1. The monoisotopic (exact) mass is 245 g/mol. The normalized spacial score (nSPS) is 10.8. The first-order chi connectivity index (χ1) is 7.13. The van der Waals surface area contributed by atoms with Crippen molar-refractivity contribution in [2.45, 2.75) is 5.88 Å². The van der Waals surface area contributed by atoms with Crippen LogP contribution in [0.25, 0.3) is 5.65 Å². The Balaban J connectivity index is 2.74. The standard InChI is InChI=1S/C8H5Cl2N3O2/c9-3-7-12-11-6-2-4(8(14)15)1-5(10)13(6)7/h1-2H,3H2,(H,14,15). The third-order valence-electron chi connectivity index (χ3n) is 1.89. The van der Waals surface area contributed by atoms with Gasteiger partial charge in [0.1, 0.15) is 5.15 Å². The summed E-state index contributed by atoms with van der Waals surface area (Å²) in [4.78, 5) is 10.7. The van der Waals surface area contributed by atoms with Crippen LogP contribution in [-0.4, -0.2) is 25.7 Å². The molecule has 7 heteroatoms. The number of aromatic carboxylic acids is 1. The lowest BCUT2D eigenvalue weighted by atomic mass is 10.3. The van der Waals surface area contributed by atoms with Crippen molar-refractivity contribution >= 4 is 34.8 Å². The predicted octanol–water partition coefficient (Wildman–Crippen LogP) is 1.82. The number of hydrogen-bond donors (Lipinski definition) is 1. The van der Waals surface area contributed by atoms with Gasteiger partial charge in [-0.3, -0.25) is 4.40 Å². The van der Waals surface area contributed by atoms with E-state index in [2.05, 4.69) is 10.2 Å². The summed E-state index contributed by atoms with van der Waals surface area (Å²) in [6.45, 7) is 0. The van der Waals surface area contributed by atoms with Gasteiger partial charge in [-0.05, 0) is 12.1 Å². The van der Waals surface area contributed by atoms with E-state index in [1.54, 1.807) is 0 Å². The average molecular weight is 246 g/mol. The van der Waals surface area contributed by atoms with Gasteiger partial charge in [-0.15, -0.1) is 21.8 Å². The van der Waals surface area contributed by atoms with Crippen LogP contribution in [0.5, 0.6) is 0 Å². The number of fused-ring (bicyclic) bond motifs is 1. The average Bonchev–Trinajstić information content (AvgIpc) is 2.60. The molecule has 2 aromatic heterocycles. The minimum absolute atomic E-state index is 0.0704. The minimum Gasteiger partial charge on any atom is -0.478 e. The third-order valence-corrected chi connectivity index (χ3v) is 2.41. The quantitative estimate of drug-likeness (QED) is 0.648. The summed E-state index contributed by atoms with van der Waals surface area (Å²) in [5, 5.41) is 16.6. The second kappa shape index (κ2) is 3.67.